The van der Waals surface area contributed by atoms with Crippen LogP contribution in [0.1, 0.15) is 36.5 Å². The number of fused-ring (bicyclic) bond motifs is 1. The third-order valence-electron chi connectivity index (χ3n) is 3.81. The Hall–Kier alpha value is -3.01. The molecule has 0 aromatic carbocycles. The summed E-state index contributed by atoms with van der Waals surface area (Å²) in [5, 5.41) is 13.5. The maximum atomic E-state index is 12.1. The minimum Gasteiger partial charge on any atom is -0.368 e. The number of hydrogen-bond donors (Lipinski definition) is 2. The number of carbonyl (C=O) groups excluding carboxylic acids is 1. The van der Waals surface area contributed by atoms with Gasteiger partial charge < -0.3 is 19.9 Å². The lowest BCUT2D eigenvalue weighted by molar-refractivity contribution is 0.0835. The van der Waals surface area contributed by atoms with Gasteiger partial charge in [0, 0.05) is 12.8 Å². The number of amides is 2. The van der Waals surface area contributed by atoms with Gasteiger partial charge in [-0.1, -0.05) is 5.16 Å². The molecule has 4 heterocycles. The highest BCUT2D eigenvalue weighted by molar-refractivity contribution is 5.92. The SMILES string of the molecule is Cc1nc2c(NC(=O)NCc3noc(C4CCCO4)n3)cccn2n1. The highest BCUT2D eigenvalue weighted by Gasteiger charge is 2.23. The summed E-state index contributed by atoms with van der Waals surface area (Å²) in [4.78, 5) is 20.6. The number of nitrogens with one attached hydrogen (secondary N) is 2. The average Bonchev–Trinajstić information content (AvgIpc) is 3.32. The van der Waals surface area contributed by atoms with Gasteiger partial charge in [-0.25, -0.2) is 14.3 Å². The van der Waals surface area contributed by atoms with Crippen LogP contribution in [0.3, 0.4) is 0 Å². The van der Waals surface area contributed by atoms with Crippen molar-refractivity contribution in [1.29, 1.82) is 0 Å². The molecule has 0 spiro atoms. The van der Waals surface area contributed by atoms with Crippen LogP contribution in [0.5, 0.6) is 0 Å². The number of aromatic nitrogens is 5. The van der Waals surface area contributed by atoms with E-state index in [1.807, 2.05) is 0 Å². The average molecular weight is 343 g/mol. The van der Waals surface area contributed by atoms with Gasteiger partial charge in [0.1, 0.15) is 11.9 Å². The number of anilines is 1. The van der Waals surface area contributed by atoms with Crippen LogP contribution in [0.4, 0.5) is 10.5 Å². The van der Waals surface area contributed by atoms with Crippen molar-refractivity contribution in [3.05, 3.63) is 35.9 Å². The molecule has 2 N–H and O–H groups in total. The maximum Gasteiger partial charge on any atom is 0.319 e. The van der Waals surface area contributed by atoms with Crippen LogP contribution in [-0.4, -0.2) is 37.4 Å². The molecular weight excluding hydrogens is 326 g/mol. The number of aryl methyl sites for hydroxylation is 1. The van der Waals surface area contributed by atoms with Crippen molar-refractivity contribution in [2.45, 2.75) is 32.4 Å². The zero-order chi connectivity index (χ0) is 17.2. The van der Waals surface area contributed by atoms with Crippen LogP contribution in [0.25, 0.3) is 5.65 Å². The molecule has 0 aliphatic carbocycles. The molecule has 10 nitrogen and oxygen atoms in total. The Morgan fingerprint density at radius 1 is 1.44 bits per heavy atom. The molecule has 1 fully saturated rings. The summed E-state index contributed by atoms with van der Waals surface area (Å²) < 4.78 is 12.3. The van der Waals surface area contributed by atoms with Crippen LogP contribution >= 0.6 is 0 Å². The number of hydrogen-bond acceptors (Lipinski definition) is 7. The van der Waals surface area contributed by atoms with Crippen molar-refractivity contribution in [3.8, 4) is 0 Å². The van der Waals surface area contributed by atoms with Gasteiger partial charge in [0.2, 0.25) is 0 Å². The van der Waals surface area contributed by atoms with E-state index in [0.717, 1.165) is 12.8 Å². The molecule has 130 valence electrons. The molecule has 1 aliphatic heterocycles. The molecule has 3 aromatic rings. The minimum atomic E-state index is -0.391. The quantitative estimate of drug-likeness (QED) is 0.738. The highest BCUT2D eigenvalue weighted by atomic mass is 16.5. The van der Waals surface area contributed by atoms with E-state index in [1.54, 1.807) is 29.8 Å². The highest BCUT2D eigenvalue weighted by Crippen LogP contribution is 2.26. The molecule has 25 heavy (non-hydrogen) atoms. The van der Waals surface area contributed by atoms with Crippen molar-refractivity contribution in [3.63, 3.8) is 0 Å². The summed E-state index contributed by atoms with van der Waals surface area (Å²) >= 11 is 0. The molecule has 1 atom stereocenters. The fourth-order valence-electron chi connectivity index (χ4n) is 2.68. The molecule has 0 saturated carbocycles. The predicted molar refractivity (Wildman–Crippen MR) is 85.8 cm³/mol. The Morgan fingerprint density at radius 2 is 2.36 bits per heavy atom. The van der Waals surface area contributed by atoms with Crippen molar-refractivity contribution in [2.24, 2.45) is 0 Å². The molecular formula is C15H17N7O3. The normalized spacial score (nSPS) is 17.1. The summed E-state index contributed by atoms with van der Waals surface area (Å²) in [6.45, 7) is 2.65. The van der Waals surface area contributed by atoms with Gasteiger partial charge in [-0.15, -0.1) is 0 Å². The molecule has 4 rings (SSSR count). The Kier molecular flexibility index (Phi) is 4.02. The van der Waals surface area contributed by atoms with Gasteiger partial charge in [-0.05, 0) is 31.9 Å². The van der Waals surface area contributed by atoms with Crippen LogP contribution in [0, 0.1) is 6.92 Å². The molecule has 3 aromatic heterocycles. The number of rotatable bonds is 4. The fraction of sp³-hybridized carbons (Fsp3) is 0.400. The first kappa shape index (κ1) is 15.5. The zero-order valence-corrected chi connectivity index (χ0v) is 13.6. The third kappa shape index (κ3) is 3.29. The van der Waals surface area contributed by atoms with Gasteiger partial charge in [0.15, 0.2) is 11.5 Å². The van der Waals surface area contributed by atoms with Gasteiger partial charge >= 0.3 is 6.03 Å². The smallest absolute Gasteiger partial charge is 0.319 e. The van der Waals surface area contributed by atoms with Gasteiger partial charge in [-0.3, -0.25) is 0 Å². The lowest BCUT2D eigenvalue weighted by Gasteiger charge is -2.06. The van der Waals surface area contributed by atoms with E-state index < -0.39 is 6.03 Å². The number of ether oxygens (including phenoxy) is 1. The largest absolute Gasteiger partial charge is 0.368 e. The Bertz CT molecular complexity index is 898. The van der Waals surface area contributed by atoms with Gasteiger partial charge in [0.25, 0.3) is 5.89 Å². The number of urea groups is 1. The Morgan fingerprint density at radius 3 is 3.20 bits per heavy atom. The summed E-state index contributed by atoms with van der Waals surface area (Å²) in [7, 11) is 0. The number of nitrogens with zero attached hydrogens (tertiary/aromatic N) is 5. The van der Waals surface area contributed by atoms with Crippen molar-refractivity contribution in [2.75, 3.05) is 11.9 Å². The zero-order valence-electron chi connectivity index (χ0n) is 13.6. The fourth-order valence-corrected chi connectivity index (χ4v) is 2.68. The molecule has 1 aliphatic rings. The Balaban J connectivity index is 1.37. The second kappa shape index (κ2) is 6.48. The van der Waals surface area contributed by atoms with E-state index in [4.69, 9.17) is 9.26 Å². The predicted octanol–water partition coefficient (Wildman–Crippen LogP) is 1.59. The molecule has 10 heteroatoms. The summed E-state index contributed by atoms with van der Waals surface area (Å²) in [6.07, 6.45) is 3.49. The van der Waals surface area contributed by atoms with Gasteiger partial charge in [-0.2, -0.15) is 10.1 Å². The molecule has 1 unspecified atom stereocenters. The summed E-state index contributed by atoms with van der Waals surface area (Å²) in [5.41, 5.74) is 1.14. The van der Waals surface area contributed by atoms with Crippen molar-refractivity contribution >= 4 is 17.4 Å². The Labute approximate surface area is 142 Å². The second-order valence-electron chi connectivity index (χ2n) is 5.71. The standard InChI is InChI=1S/C15H17N7O3/c1-9-17-13-10(4-2-6-22(13)20-9)18-15(23)16-8-12-19-14(25-21-12)11-5-3-7-24-11/h2,4,6,11H,3,5,7-8H2,1H3,(H2,16,18,23). The van der Waals surface area contributed by atoms with E-state index in [0.29, 0.717) is 35.5 Å². The molecule has 2 amide bonds. The lowest BCUT2D eigenvalue weighted by atomic mass is 10.2. The van der Waals surface area contributed by atoms with E-state index in [9.17, 15) is 4.79 Å². The first-order chi connectivity index (χ1) is 12.2. The van der Waals surface area contributed by atoms with E-state index in [-0.39, 0.29) is 12.6 Å². The van der Waals surface area contributed by atoms with Crippen molar-refractivity contribution in [1.82, 2.24) is 30.1 Å². The molecule has 1 saturated heterocycles. The molecule has 0 bridgehead atoms. The monoisotopic (exact) mass is 343 g/mol. The number of pyridine rings is 1. The van der Waals surface area contributed by atoms with Crippen molar-refractivity contribution < 1.29 is 14.1 Å². The first-order valence-corrected chi connectivity index (χ1v) is 8.00. The number of carbonyl (C=O) groups is 1. The van der Waals surface area contributed by atoms with Crippen LogP contribution < -0.4 is 10.6 Å². The van der Waals surface area contributed by atoms with Crippen LogP contribution in [0.2, 0.25) is 0 Å². The van der Waals surface area contributed by atoms with E-state index in [1.165, 1.54) is 0 Å². The third-order valence-corrected chi connectivity index (χ3v) is 3.81. The lowest BCUT2D eigenvalue weighted by Crippen LogP contribution is -2.28. The second-order valence-corrected chi connectivity index (χ2v) is 5.71. The summed E-state index contributed by atoms with van der Waals surface area (Å²) in [6, 6.07) is 3.15. The van der Waals surface area contributed by atoms with E-state index in [2.05, 4.69) is 30.9 Å². The minimum absolute atomic E-state index is 0.135. The first-order valence-electron chi connectivity index (χ1n) is 8.00. The molecule has 0 radical (unpaired) electrons. The van der Waals surface area contributed by atoms with E-state index >= 15 is 0 Å². The maximum absolute atomic E-state index is 12.1. The summed E-state index contributed by atoms with van der Waals surface area (Å²) in [5.74, 6) is 1.48. The van der Waals surface area contributed by atoms with Gasteiger partial charge in [0.05, 0.1) is 12.2 Å². The topological polar surface area (TPSA) is 119 Å². The van der Waals surface area contributed by atoms with Crippen LogP contribution in [-0.2, 0) is 11.3 Å². The van der Waals surface area contributed by atoms with Crippen LogP contribution in [0.15, 0.2) is 22.9 Å².